The van der Waals surface area contributed by atoms with Gasteiger partial charge < -0.3 is 0 Å². The lowest BCUT2D eigenvalue weighted by Crippen LogP contribution is -2.31. The zero-order valence-electron chi connectivity index (χ0n) is 11.8. The first-order valence-electron chi connectivity index (χ1n) is 6.81. The lowest BCUT2D eigenvalue weighted by molar-refractivity contribution is 0.510. The van der Waals surface area contributed by atoms with Crippen LogP contribution in [0.2, 0.25) is 5.02 Å². The van der Waals surface area contributed by atoms with Crippen LogP contribution in [0.1, 0.15) is 17.3 Å². The molecule has 3 aromatic rings. The van der Waals surface area contributed by atoms with Crippen molar-refractivity contribution in [1.29, 1.82) is 0 Å². The number of nitrogens with one attached hydrogen (secondary N) is 1. The molecule has 4 nitrogen and oxygen atoms in total. The summed E-state index contributed by atoms with van der Waals surface area (Å²) >= 11 is 6.22. The van der Waals surface area contributed by atoms with Gasteiger partial charge in [-0.1, -0.05) is 54.1 Å². The average molecular weight is 301 g/mol. The number of aromatic nitrogens is 2. The highest BCUT2D eigenvalue weighted by Crippen LogP contribution is 2.27. The van der Waals surface area contributed by atoms with E-state index in [0.29, 0.717) is 5.02 Å². The van der Waals surface area contributed by atoms with E-state index in [2.05, 4.69) is 40.9 Å². The first-order valence-corrected chi connectivity index (χ1v) is 7.18. The largest absolute Gasteiger partial charge is 0.271 e. The summed E-state index contributed by atoms with van der Waals surface area (Å²) in [7, 11) is 1.87. The van der Waals surface area contributed by atoms with Gasteiger partial charge in [0.25, 0.3) is 0 Å². The number of benzene rings is 2. The van der Waals surface area contributed by atoms with Gasteiger partial charge in [-0.3, -0.25) is 16.0 Å². The van der Waals surface area contributed by atoms with Crippen LogP contribution < -0.4 is 11.3 Å². The van der Waals surface area contributed by atoms with Crippen molar-refractivity contribution in [3.8, 4) is 0 Å². The minimum Gasteiger partial charge on any atom is -0.271 e. The number of aryl methyl sites for hydroxylation is 1. The van der Waals surface area contributed by atoms with E-state index >= 15 is 0 Å². The molecule has 0 spiro atoms. The molecule has 3 rings (SSSR count). The van der Waals surface area contributed by atoms with E-state index in [1.165, 1.54) is 16.3 Å². The third-order valence-corrected chi connectivity index (χ3v) is 4.06. The highest BCUT2D eigenvalue weighted by molar-refractivity contribution is 6.31. The molecule has 0 radical (unpaired) electrons. The number of hydrogen-bond acceptors (Lipinski definition) is 3. The molecule has 0 fully saturated rings. The molecule has 0 amide bonds. The van der Waals surface area contributed by atoms with Gasteiger partial charge in [0, 0.05) is 7.05 Å². The summed E-state index contributed by atoms with van der Waals surface area (Å²) in [6, 6.07) is 14.5. The van der Waals surface area contributed by atoms with Gasteiger partial charge in [-0.2, -0.15) is 5.10 Å². The Kier molecular flexibility index (Phi) is 3.92. The fraction of sp³-hybridized carbons (Fsp3) is 0.188. The molecule has 1 aromatic heterocycles. The summed E-state index contributed by atoms with van der Waals surface area (Å²) < 4.78 is 1.76. The SMILES string of the molecule is Cn1ncc(Cl)c1C(Cc1cccc2ccccc12)NN. The molecular formula is C16H17ClN4. The highest BCUT2D eigenvalue weighted by Gasteiger charge is 2.19. The number of rotatable bonds is 4. The van der Waals surface area contributed by atoms with Crippen LogP contribution in [-0.2, 0) is 13.5 Å². The van der Waals surface area contributed by atoms with Crippen molar-refractivity contribution in [2.24, 2.45) is 12.9 Å². The summed E-state index contributed by atoms with van der Waals surface area (Å²) in [4.78, 5) is 0. The summed E-state index contributed by atoms with van der Waals surface area (Å²) in [5.74, 6) is 5.74. The molecule has 1 heterocycles. The molecule has 0 bridgehead atoms. The van der Waals surface area contributed by atoms with E-state index in [1.54, 1.807) is 10.9 Å². The minimum atomic E-state index is -0.0872. The summed E-state index contributed by atoms with van der Waals surface area (Å²) in [5, 5.41) is 7.26. The Bertz CT molecular complexity index is 741. The molecule has 1 unspecified atom stereocenters. The van der Waals surface area contributed by atoms with Crippen molar-refractivity contribution in [2.75, 3.05) is 0 Å². The molecule has 21 heavy (non-hydrogen) atoms. The van der Waals surface area contributed by atoms with Crippen LogP contribution in [0, 0.1) is 0 Å². The molecule has 1 atom stereocenters. The van der Waals surface area contributed by atoms with Crippen LogP contribution in [0.4, 0.5) is 0 Å². The van der Waals surface area contributed by atoms with Gasteiger partial charge in [-0.25, -0.2) is 0 Å². The van der Waals surface area contributed by atoms with E-state index in [4.69, 9.17) is 17.4 Å². The predicted octanol–water partition coefficient (Wildman–Crippen LogP) is 2.97. The van der Waals surface area contributed by atoms with Gasteiger partial charge in [0.05, 0.1) is 23.0 Å². The molecular weight excluding hydrogens is 284 g/mol. The molecule has 108 valence electrons. The second-order valence-corrected chi connectivity index (χ2v) is 5.47. The van der Waals surface area contributed by atoms with E-state index in [1.807, 2.05) is 19.2 Å². The standard InChI is InChI=1S/C16H17ClN4/c1-21-16(14(17)10-19-21)15(20-18)9-12-7-4-6-11-5-2-3-8-13(11)12/h2-8,10,15,20H,9,18H2,1H3. The van der Waals surface area contributed by atoms with E-state index in [0.717, 1.165) is 12.1 Å². The quantitative estimate of drug-likeness (QED) is 0.575. The molecule has 0 aliphatic rings. The first-order chi connectivity index (χ1) is 10.2. The lowest BCUT2D eigenvalue weighted by atomic mass is 9.97. The molecule has 5 heteroatoms. The Morgan fingerprint density at radius 1 is 1.24 bits per heavy atom. The Labute approximate surface area is 128 Å². The minimum absolute atomic E-state index is 0.0872. The Balaban J connectivity index is 2.00. The second-order valence-electron chi connectivity index (χ2n) is 5.06. The second kappa shape index (κ2) is 5.85. The summed E-state index contributed by atoms with van der Waals surface area (Å²) in [6.07, 6.45) is 2.39. The van der Waals surface area contributed by atoms with Crippen LogP contribution in [-0.4, -0.2) is 9.78 Å². The van der Waals surface area contributed by atoms with Crippen LogP contribution in [0.3, 0.4) is 0 Å². The van der Waals surface area contributed by atoms with E-state index in [-0.39, 0.29) is 6.04 Å². The Morgan fingerprint density at radius 2 is 2.00 bits per heavy atom. The van der Waals surface area contributed by atoms with Crippen LogP contribution in [0.15, 0.2) is 48.7 Å². The number of nitrogens with zero attached hydrogens (tertiary/aromatic N) is 2. The summed E-state index contributed by atoms with van der Waals surface area (Å²) in [5.41, 5.74) is 4.98. The highest BCUT2D eigenvalue weighted by atomic mass is 35.5. The van der Waals surface area contributed by atoms with Crippen molar-refractivity contribution >= 4 is 22.4 Å². The number of fused-ring (bicyclic) bond motifs is 1. The molecule has 3 N–H and O–H groups in total. The fourth-order valence-electron chi connectivity index (χ4n) is 2.74. The first kappa shape index (κ1) is 14.1. The van der Waals surface area contributed by atoms with Crippen LogP contribution in [0.25, 0.3) is 10.8 Å². The van der Waals surface area contributed by atoms with Gasteiger partial charge >= 0.3 is 0 Å². The van der Waals surface area contributed by atoms with Crippen molar-refractivity contribution in [3.63, 3.8) is 0 Å². The molecule has 0 aliphatic carbocycles. The maximum Gasteiger partial charge on any atom is 0.0834 e. The third kappa shape index (κ3) is 2.65. The monoisotopic (exact) mass is 300 g/mol. The van der Waals surface area contributed by atoms with Gasteiger partial charge in [0.15, 0.2) is 0 Å². The van der Waals surface area contributed by atoms with Crippen LogP contribution in [0.5, 0.6) is 0 Å². The van der Waals surface area contributed by atoms with E-state index in [9.17, 15) is 0 Å². The summed E-state index contributed by atoms with van der Waals surface area (Å²) in [6.45, 7) is 0. The molecule has 0 saturated carbocycles. The maximum atomic E-state index is 6.22. The van der Waals surface area contributed by atoms with Crippen molar-refractivity contribution in [1.82, 2.24) is 15.2 Å². The van der Waals surface area contributed by atoms with Gasteiger partial charge in [-0.15, -0.1) is 0 Å². The van der Waals surface area contributed by atoms with Gasteiger partial charge in [-0.05, 0) is 22.8 Å². The number of hydrazine groups is 1. The smallest absolute Gasteiger partial charge is 0.0834 e. The number of hydrogen-bond donors (Lipinski definition) is 2. The average Bonchev–Trinajstić information content (AvgIpc) is 2.84. The third-order valence-electron chi connectivity index (χ3n) is 3.77. The zero-order valence-corrected chi connectivity index (χ0v) is 12.5. The number of halogens is 1. The topological polar surface area (TPSA) is 55.9 Å². The Morgan fingerprint density at radius 3 is 2.71 bits per heavy atom. The number of nitrogens with two attached hydrogens (primary N) is 1. The van der Waals surface area contributed by atoms with Gasteiger partial charge in [0.1, 0.15) is 0 Å². The molecule has 0 aliphatic heterocycles. The zero-order chi connectivity index (χ0) is 14.8. The van der Waals surface area contributed by atoms with Crippen molar-refractivity contribution in [2.45, 2.75) is 12.5 Å². The van der Waals surface area contributed by atoms with Crippen molar-refractivity contribution in [3.05, 3.63) is 64.9 Å². The normalized spacial score (nSPS) is 12.7. The van der Waals surface area contributed by atoms with Crippen molar-refractivity contribution < 1.29 is 0 Å². The Hall–Kier alpha value is -1.88. The van der Waals surface area contributed by atoms with Gasteiger partial charge in [0.2, 0.25) is 0 Å². The molecule has 2 aromatic carbocycles. The predicted molar refractivity (Wildman–Crippen MR) is 85.9 cm³/mol. The molecule has 0 saturated heterocycles. The lowest BCUT2D eigenvalue weighted by Gasteiger charge is -2.18. The van der Waals surface area contributed by atoms with E-state index < -0.39 is 0 Å². The fourth-order valence-corrected chi connectivity index (χ4v) is 3.03. The maximum absolute atomic E-state index is 6.22. The van der Waals surface area contributed by atoms with Crippen LogP contribution >= 0.6 is 11.6 Å².